The van der Waals surface area contributed by atoms with E-state index < -0.39 is 0 Å². The Hall–Kier alpha value is -1.26. The van der Waals surface area contributed by atoms with E-state index in [0.717, 1.165) is 24.5 Å². The van der Waals surface area contributed by atoms with Gasteiger partial charge in [-0.05, 0) is 23.1 Å². The van der Waals surface area contributed by atoms with Crippen LogP contribution in [0.5, 0.6) is 0 Å². The third-order valence-corrected chi connectivity index (χ3v) is 3.85. The molecule has 0 aromatic heterocycles. The second-order valence-corrected chi connectivity index (χ2v) is 6.53. The molecule has 1 aromatic carbocycles. The molecule has 1 aliphatic heterocycles. The first kappa shape index (κ1) is 16.1. The molecule has 1 aromatic rings. The fraction of sp³-hybridized carbons (Fsp3) is 0.562. The molecule has 1 aliphatic rings. The Labute approximate surface area is 131 Å². The molecule has 1 amide bonds. The van der Waals surface area contributed by atoms with E-state index in [2.05, 4.69) is 49.2 Å². The first-order chi connectivity index (χ1) is 9.91. The second-order valence-electron chi connectivity index (χ2n) is 6.26. The number of nitrogens with zero attached hydrogens (tertiary/aromatic N) is 1. The Kier molecular flexibility index (Phi) is 5.12. The van der Waals surface area contributed by atoms with Crippen LogP contribution in [-0.4, -0.2) is 38.1 Å². The molecule has 0 spiro atoms. The molecular formula is C16H23ClN2O2. The fourth-order valence-corrected chi connectivity index (χ4v) is 2.43. The van der Waals surface area contributed by atoms with Crippen molar-refractivity contribution in [2.24, 2.45) is 0 Å². The number of ether oxygens (including phenoxy) is 1. The number of hydrogen-bond donors (Lipinski definition) is 1. The topological polar surface area (TPSA) is 41.6 Å². The average molecular weight is 311 g/mol. The van der Waals surface area contributed by atoms with Crippen LogP contribution in [0.2, 0.25) is 0 Å². The minimum absolute atomic E-state index is 0.0317. The summed E-state index contributed by atoms with van der Waals surface area (Å²) < 4.78 is 5.39. The summed E-state index contributed by atoms with van der Waals surface area (Å²) in [5, 5.41) is 2.92. The van der Waals surface area contributed by atoms with Gasteiger partial charge in [0.05, 0.1) is 24.6 Å². The summed E-state index contributed by atoms with van der Waals surface area (Å²) in [5.41, 5.74) is 3.08. The third-order valence-electron chi connectivity index (χ3n) is 3.61. The summed E-state index contributed by atoms with van der Waals surface area (Å²) >= 11 is 5.62. The number of amides is 1. The van der Waals surface area contributed by atoms with Crippen LogP contribution in [-0.2, 0) is 14.9 Å². The van der Waals surface area contributed by atoms with Crippen molar-refractivity contribution in [2.45, 2.75) is 26.2 Å². The lowest BCUT2D eigenvalue weighted by molar-refractivity contribution is -0.113. The van der Waals surface area contributed by atoms with Crippen LogP contribution in [0.4, 0.5) is 11.4 Å². The van der Waals surface area contributed by atoms with Gasteiger partial charge in [-0.3, -0.25) is 4.79 Å². The summed E-state index contributed by atoms with van der Waals surface area (Å²) in [6.07, 6.45) is 0. The number of anilines is 2. The largest absolute Gasteiger partial charge is 0.378 e. The molecule has 4 nitrogen and oxygen atoms in total. The lowest BCUT2D eigenvalue weighted by Crippen LogP contribution is -2.37. The van der Waals surface area contributed by atoms with E-state index in [0.29, 0.717) is 13.2 Å². The smallest absolute Gasteiger partial charge is 0.239 e. The first-order valence-electron chi connectivity index (χ1n) is 7.25. The van der Waals surface area contributed by atoms with E-state index in [1.165, 1.54) is 5.56 Å². The van der Waals surface area contributed by atoms with Gasteiger partial charge in [-0.25, -0.2) is 0 Å². The number of hydrogen-bond acceptors (Lipinski definition) is 3. The molecule has 0 unspecified atom stereocenters. The molecule has 1 heterocycles. The van der Waals surface area contributed by atoms with E-state index in [9.17, 15) is 4.79 Å². The average Bonchev–Trinajstić information content (AvgIpc) is 2.47. The van der Waals surface area contributed by atoms with Crippen molar-refractivity contribution in [3.8, 4) is 0 Å². The van der Waals surface area contributed by atoms with E-state index in [4.69, 9.17) is 16.3 Å². The molecule has 1 N–H and O–H groups in total. The monoisotopic (exact) mass is 310 g/mol. The molecule has 0 saturated carbocycles. The molecule has 1 fully saturated rings. The molecule has 21 heavy (non-hydrogen) atoms. The highest BCUT2D eigenvalue weighted by atomic mass is 35.5. The maximum absolute atomic E-state index is 11.7. The van der Waals surface area contributed by atoms with Crippen LogP contribution in [0.1, 0.15) is 26.3 Å². The quantitative estimate of drug-likeness (QED) is 0.873. The Morgan fingerprint density at radius 3 is 2.57 bits per heavy atom. The highest BCUT2D eigenvalue weighted by Crippen LogP contribution is 2.32. The predicted octanol–water partition coefficient (Wildman–Crippen LogP) is 3.00. The van der Waals surface area contributed by atoms with Crippen LogP contribution >= 0.6 is 11.6 Å². The molecular weight excluding hydrogens is 288 g/mol. The SMILES string of the molecule is CC(C)(C)c1ccc(N2CCOCC2)c(NC(=O)CCl)c1. The van der Waals surface area contributed by atoms with Crippen LogP contribution in [0.25, 0.3) is 0 Å². The summed E-state index contributed by atoms with van der Waals surface area (Å²) in [6.45, 7) is 9.56. The van der Waals surface area contributed by atoms with Crippen LogP contribution < -0.4 is 10.2 Å². The lowest BCUT2D eigenvalue weighted by Gasteiger charge is -2.31. The molecule has 1 saturated heterocycles. The van der Waals surface area contributed by atoms with Gasteiger partial charge in [0.15, 0.2) is 0 Å². The Morgan fingerprint density at radius 1 is 1.33 bits per heavy atom. The van der Waals surface area contributed by atoms with E-state index >= 15 is 0 Å². The maximum atomic E-state index is 11.7. The highest BCUT2D eigenvalue weighted by Gasteiger charge is 2.20. The lowest BCUT2D eigenvalue weighted by atomic mass is 9.86. The third kappa shape index (κ3) is 4.11. The molecule has 0 aliphatic carbocycles. The number of rotatable bonds is 3. The molecule has 5 heteroatoms. The van der Waals surface area contributed by atoms with Gasteiger partial charge in [-0.15, -0.1) is 11.6 Å². The van der Waals surface area contributed by atoms with Gasteiger partial charge >= 0.3 is 0 Å². The summed E-state index contributed by atoms with van der Waals surface area (Å²) in [7, 11) is 0. The number of benzene rings is 1. The van der Waals surface area contributed by atoms with Gasteiger partial charge in [-0.2, -0.15) is 0 Å². The van der Waals surface area contributed by atoms with Gasteiger partial charge in [-0.1, -0.05) is 26.8 Å². The summed E-state index contributed by atoms with van der Waals surface area (Å²) in [6, 6.07) is 6.26. The van der Waals surface area contributed by atoms with Crippen molar-refractivity contribution in [1.82, 2.24) is 0 Å². The number of carbonyl (C=O) groups excluding carboxylic acids is 1. The van der Waals surface area contributed by atoms with E-state index in [1.807, 2.05) is 0 Å². The first-order valence-corrected chi connectivity index (χ1v) is 7.78. The van der Waals surface area contributed by atoms with Crippen LogP contribution in [0.3, 0.4) is 0 Å². The normalized spacial score (nSPS) is 15.9. The van der Waals surface area contributed by atoms with Crippen LogP contribution in [0.15, 0.2) is 18.2 Å². The van der Waals surface area contributed by atoms with Gasteiger partial charge in [0.2, 0.25) is 5.91 Å². The van der Waals surface area contributed by atoms with Crippen LogP contribution in [0, 0.1) is 0 Å². The molecule has 0 atom stereocenters. The van der Waals surface area contributed by atoms with Gasteiger partial charge in [0.25, 0.3) is 0 Å². The Bertz CT molecular complexity index is 505. The van der Waals surface area contributed by atoms with Gasteiger partial charge < -0.3 is 15.0 Å². The zero-order valence-corrected chi connectivity index (χ0v) is 13.7. The Morgan fingerprint density at radius 2 is 2.00 bits per heavy atom. The molecule has 0 radical (unpaired) electrons. The number of morpholine rings is 1. The Balaban J connectivity index is 2.35. The standard InChI is InChI=1S/C16H23ClN2O2/c1-16(2,3)12-4-5-14(19-6-8-21-9-7-19)13(10-12)18-15(20)11-17/h4-5,10H,6-9,11H2,1-3H3,(H,18,20). The van der Waals surface area contributed by atoms with Crippen molar-refractivity contribution >= 4 is 28.9 Å². The summed E-state index contributed by atoms with van der Waals surface area (Å²) in [5.74, 6) is -0.223. The number of carbonyl (C=O) groups is 1. The van der Waals surface area contributed by atoms with Crippen molar-refractivity contribution in [3.05, 3.63) is 23.8 Å². The number of alkyl halides is 1. The molecule has 116 valence electrons. The minimum atomic E-state index is -0.183. The van der Waals surface area contributed by atoms with E-state index in [1.54, 1.807) is 0 Å². The maximum Gasteiger partial charge on any atom is 0.239 e. The zero-order chi connectivity index (χ0) is 15.5. The van der Waals surface area contributed by atoms with Gasteiger partial charge in [0, 0.05) is 13.1 Å². The predicted molar refractivity (Wildman–Crippen MR) is 87.5 cm³/mol. The highest BCUT2D eigenvalue weighted by molar-refractivity contribution is 6.29. The molecule has 2 rings (SSSR count). The fourth-order valence-electron chi connectivity index (χ4n) is 2.37. The number of nitrogens with one attached hydrogen (secondary N) is 1. The zero-order valence-electron chi connectivity index (χ0n) is 12.9. The van der Waals surface area contributed by atoms with Crippen molar-refractivity contribution in [3.63, 3.8) is 0 Å². The van der Waals surface area contributed by atoms with Crippen molar-refractivity contribution in [2.75, 3.05) is 42.4 Å². The summed E-state index contributed by atoms with van der Waals surface area (Å²) in [4.78, 5) is 13.9. The second kappa shape index (κ2) is 6.67. The minimum Gasteiger partial charge on any atom is -0.378 e. The molecule has 0 bridgehead atoms. The van der Waals surface area contributed by atoms with E-state index in [-0.39, 0.29) is 17.2 Å². The van der Waals surface area contributed by atoms with Gasteiger partial charge in [0.1, 0.15) is 5.88 Å². The van der Waals surface area contributed by atoms with Crippen molar-refractivity contribution < 1.29 is 9.53 Å². The number of halogens is 1. The van der Waals surface area contributed by atoms with Crippen molar-refractivity contribution in [1.29, 1.82) is 0 Å².